The first-order valence-corrected chi connectivity index (χ1v) is 11.2. The minimum absolute atomic E-state index is 0.141. The van der Waals surface area contributed by atoms with Crippen LogP contribution in [0.5, 0.6) is 17.2 Å². The minimum atomic E-state index is -0.400. The van der Waals surface area contributed by atoms with E-state index in [0.717, 1.165) is 27.7 Å². The molecule has 4 rings (SSSR count). The van der Waals surface area contributed by atoms with Crippen molar-refractivity contribution in [3.05, 3.63) is 95.7 Å². The van der Waals surface area contributed by atoms with Gasteiger partial charge in [-0.2, -0.15) is 0 Å². The van der Waals surface area contributed by atoms with Gasteiger partial charge in [0.2, 0.25) is 0 Å². The van der Waals surface area contributed by atoms with Crippen molar-refractivity contribution in [1.29, 1.82) is 0 Å². The summed E-state index contributed by atoms with van der Waals surface area (Å²) in [5, 5.41) is 1.10. The molecule has 0 aliphatic rings. The van der Waals surface area contributed by atoms with Crippen molar-refractivity contribution in [2.24, 2.45) is 0 Å². The second-order valence-corrected chi connectivity index (χ2v) is 7.70. The Kier molecular flexibility index (Phi) is 7.60. The van der Waals surface area contributed by atoms with E-state index in [9.17, 15) is 4.79 Å². The minimum Gasteiger partial charge on any atom is -0.489 e. The number of benzene rings is 3. The highest BCUT2D eigenvalue weighted by molar-refractivity contribution is 5.78. The standard InChI is InChI=1S/C28H27NO5/c1-3-31-27(30)19-34-28-20(2)8-6-10-22(28)17-32-24-11-7-12-25(16-24)33-18-23-15-14-21-9-4-5-13-26(21)29-23/h4-16H,3,17-19H2,1-2H3. The fourth-order valence-corrected chi connectivity index (χ4v) is 3.53. The summed E-state index contributed by atoms with van der Waals surface area (Å²) in [4.78, 5) is 16.3. The van der Waals surface area contributed by atoms with E-state index >= 15 is 0 Å². The van der Waals surface area contributed by atoms with Gasteiger partial charge in [0.05, 0.1) is 17.8 Å². The van der Waals surface area contributed by atoms with Gasteiger partial charge in [-0.15, -0.1) is 0 Å². The number of aromatic nitrogens is 1. The van der Waals surface area contributed by atoms with Gasteiger partial charge in [0.25, 0.3) is 0 Å². The van der Waals surface area contributed by atoms with Gasteiger partial charge in [-0.25, -0.2) is 9.78 Å². The largest absolute Gasteiger partial charge is 0.489 e. The summed E-state index contributed by atoms with van der Waals surface area (Å²) in [7, 11) is 0. The summed E-state index contributed by atoms with van der Waals surface area (Å²) in [6, 6.07) is 25.3. The van der Waals surface area contributed by atoms with Crippen LogP contribution in [0.4, 0.5) is 0 Å². The number of para-hydroxylation sites is 2. The molecule has 0 bridgehead atoms. The van der Waals surface area contributed by atoms with Crippen molar-refractivity contribution in [2.45, 2.75) is 27.1 Å². The van der Waals surface area contributed by atoms with E-state index in [0.29, 0.717) is 30.5 Å². The van der Waals surface area contributed by atoms with E-state index in [1.165, 1.54) is 0 Å². The molecular formula is C28H27NO5. The van der Waals surface area contributed by atoms with Crippen molar-refractivity contribution < 1.29 is 23.7 Å². The zero-order valence-electron chi connectivity index (χ0n) is 19.3. The maximum atomic E-state index is 11.7. The Morgan fingerprint density at radius 1 is 0.824 bits per heavy atom. The Hall–Kier alpha value is -4.06. The molecule has 1 heterocycles. The van der Waals surface area contributed by atoms with Crippen LogP contribution >= 0.6 is 0 Å². The summed E-state index contributed by atoms with van der Waals surface area (Å²) in [6.07, 6.45) is 0. The second-order valence-electron chi connectivity index (χ2n) is 7.70. The van der Waals surface area contributed by atoms with Crippen molar-refractivity contribution in [1.82, 2.24) is 4.98 Å². The molecule has 1 aromatic heterocycles. The molecule has 0 aliphatic heterocycles. The van der Waals surface area contributed by atoms with Crippen molar-refractivity contribution >= 4 is 16.9 Å². The monoisotopic (exact) mass is 457 g/mol. The quantitative estimate of drug-likeness (QED) is 0.287. The Morgan fingerprint density at radius 3 is 2.41 bits per heavy atom. The third-order valence-corrected chi connectivity index (χ3v) is 5.18. The molecule has 6 heteroatoms. The molecule has 0 radical (unpaired) electrons. The molecule has 174 valence electrons. The maximum Gasteiger partial charge on any atom is 0.344 e. The average Bonchev–Trinajstić information content (AvgIpc) is 2.86. The number of nitrogens with zero attached hydrogens (tertiary/aromatic N) is 1. The molecule has 0 saturated carbocycles. The number of esters is 1. The molecule has 0 spiro atoms. The second kappa shape index (κ2) is 11.2. The number of pyridine rings is 1. The normalized spacial score (nSPS) is 10.6. The van der Waals surface area contributed by atoms with E-state index in [1.807, 2.05) is 85.8 Å². The first-order chi connectivity index (χ1) is 16.6. The van der Waals surface area contributed by atoms with Crippen LogP contribution in [0.2, 0.25) is 0 Å². The molecule has 0 fully saturated rings. The zero-order chi connectivity index (χ0) is 23.8. The van der Waals surface area contributed by atoms with Crippen LogP contribution < -0.4 is 14.2 Å². The molecule has 4 aromatic rings. The van der Waals surface area contributed by atoms with Gasteiger partial charge in [0, 0.05) is 17.0 Å². The average molecular weight is 458 g/mol. The Labute approximate surface area is 199 Å². The number of carbonyl (C=O) groups excluding carboxylic acids is 1. The number of fused-ring (bicyclic) bond motifs is 1. The van der Waals surface area contributed by atoms with Crippen LogP contribution in [0, 0.1) is 6.92 Å². The topological polar surface area (TPSA) is 66.9 Å². The first-order valence-electron chi connectivity index (χ1n) is 11.2. The lowest BCUT2D eigenvalue weighted by molar-refractivity contribution is -0.145. The molecule has 0 saturated heterocycles. The third-order valence-electron chi connectivity index (χ3n) is 5.18. The molecule has 3 aromatic carbocycles. The SMILES string of the molecule is CCOC(=O)COc1c(C)cccc1COc1cccc(OCc2ccc3ccccc3n2)c1. The highest BCUT2D eigenvalue weighted by atomic mass is 16.6. The summed E-state index contributed by atoms with van der Waals surface area (Å²) < 4.78 is 22.6. The first kappa shape index (κ1) is 23.1. The lowest BCUT2D eigenvalue weighted by Gasteiger charge is -2.15. The van der Waals surface area contributed by atoms with Crippen LogP contribution in [0.1, 0.15) is 23.7 Å². The Bertz CT molecular complexity index is 1270. The Morgan fingerprint density at radius 2 is 1.59 bits per heavy atom. The lowest BCUT2D eigenvalue weighted by Crippen LogP contribution is -2.16. The number of aryl methyl sites for hydroxylation is 1. The van der Waals surface area contributed by atoms with Crippen molar-refractivity contribution in [3.8, 4) is 17.2 Å². The van der Waals surface area contributed by atoms with Crippen LogP contribution in [0.25, 0.3) is 10.9 Å². The highest BCUT2D eigenvalue weighted by Crippen LogP contribution is 2.27. The van der Waals surface area contributed by atoms with Crippen LogP contribution in [-0.4, -0.2) is 24.2 Å². The number of hydrogen-bond donors (Lipinski definition) is 0. The lowest BCUT2D eigenvalue weighted by atomic mass is 10.1. The molecule has 0 atom stereocenters. The van der Waals surface area contributed by atoms with Gasteiger partial charge in [-0.05, 0) is 43.7 Å². The summed E-state index contributed by atoms with van der Waals surface area (Å²) >= 11 is 0. The van der Waals surface area contributed by atoms with Crippen molar-refractivity contribution in [3.63, 3.8) is 0 Å². The predicted octanol–water partition coefficient (Wildman–Crippen LogP) is 5.64. The van der Waals surface area contributed by atoms with Crippen molar-refractivity contribution in [2.75, 3.05) is 13.2 Å². The van der Waals surface area contributed by atoms with Gasteiger partial charge < -0.3 is 18.9 Å². The van der Waals surface area contributed by atoms with Gasteiger partial charge >= 0.3 is 5.97 Å². The fraction of sp³-hybridized carbons (Fsp3) is 0.214. The van der Waals surface area contributed by atoms with Gasteiger partial charge in [-0.3, -0.25) is 0 Å². The molecule has 6 nitrogen and oxygen atoms in total. The van der Waals surface area contributed by atoms with Crippen LogP contribution in [0.15, 0.2) is 78.9 Å². The smallest absolute Gasteiger partial charge is 0.344 e. The number of hydrogen-bond acceptors (Lipinski definition) is 6. The fourth-order valence-electron chi connectivity index (χ4n) is 3.53. The highest BCUT2D eigenvalue weighted by Gasteiger charge is 2.11. The Balaban J connectivity index is 1.38. The van der Waals surface area contributed by atoms with Crippen LogP contribution in [-0.2, 0) is 22.7 Å². The van der Waals surface area contributed by atoms with E-state index < -0.39 is 5.97 Å². The van der Waals surface area contributed by atoms with E-state index in [2.05, 4.69) is 4.98 Å². The van der Waals surface area contributed by atoms with Gasteiger partial charge in [-0.1, -0.05) is 48.5 Å². The van der Waals surface area contributed by atoms with E-state index in [4.69, 9.17) is 18.9 Å². The van der Waals surface area contributed by atoms with E-state index in [-0.39, 0.29) is 13.2 Å². The predicted molar refractivity (Wildman–Crippen MR) is 130 cm³/mol. The molecule has 34 heavy (non-hydrogen) atoms. The number of carbonyl (C=O) groups is 1. The summed E-state index contributed by atoms with van der Waals surface area (Å²) in [5.41, 5.74) is 3.56. The van der Waals surface area contributed by atoms with E-state index in [1.54, 1.807) is 6.92 Å². The van der Waals surface area contributed by atoms with Gasteiger partial charge in [0.1, 0.15) is 30.5 Å². The summed E-state index contributed by atoms with van der Waals surface area (Å²) in [5.74, 6) is 1.59. The maximum absolute atomic E-state index is 11.7. The van der Waals surface area contributed by atoms with Gasteiger partial charge in [0.15, 0.2) is 6.61 Å². The summed E-state index contributed by atoms with van der Waals surface area (Å²) in [6.45, 7) is 4.52. The molecule has 0 N–H and O–H groups in total. The zero-order valence-corrected chi connectivity index (χ0v) is 19.3. The van der Waals surface area contributed by atoms with Crippen LogP contribution in [0.3, 0.4) is 0 Å². The molecule has 0 amide bonds. The molecule has 0 unspecified atom stereocenters. The number of rotatable bonds is 10. The molecular weight excluding hydrogens is 430 g/mol. The molecule has 0 aliphatic carbocycles. The number of ether oxygens (including phenoxy) is 4. The third kappa shape index (κ3) is 6.04.